The summed E-state index contributed by atoms with van der Waals surface area (Å²) in [5, 5.41) is 9.85. The van der Waals surface area contributed by atoms with E-state index in [1.54, 1.807) is 24.3 Å². The zero-order valence-corrected chi connectivity index (χ0v) is 10.6. The van der Waals surface area contributed by atoms with Gasteiger partial charge in [0.05, 0.1) is 0 Å². The number of aliphatic hydroxyl groups excluding tert-OH is 1. The Morgan fingerprint density at radius 2 is 1.56 bits per heavy atom. The Labute approximate surface area is 111 Å². The summed E-state index contributed by atoms with van der Waals surface area (Å²) in [6.07, 6.45) is 0. The van der Waals surface area contributed by atoms with Gasteiger partial charge in [0.25, 0.3) is 0 Å². The first-order valence-corrected chi connectivity index (χ1v) is 6.75. The van der Waals surface area contributed by atoms with Gasteiger partial charge in [-0.1, -0.05) is 60.7 Å². The summed E-state index contributed by atoms with van der Waals surface area (Å²) in [5.41, 5.74) is 0.639. The van der Waals surface area contributed by atoms with E-state index in [0.29, 0.717) is 11.3 Å². The zero-order valence-electron chi connectivity index (χ0n) is 9.82. The fraction of sp³-hybridized carbons (Fsp3) is 0.133. The molecule has 92 valence electrons. The maximum Gasteiger partial charge on any atom is 0.201 e. The Balaban J connectivity index is 1.93. The summed E-state index contributed by atoms with van der Waals surface area (Å²) < 4.78 is 0. The first-order valence-electron chi connectivity index (χ1n) is 5.70. The van der Waals surface area contributed by atoms with Crippen molar-refractivity contribution in [1.29, 1.82) is 0 Å². The molecule has 0 aliphatic heterocycles. The van der Waals surface area contributed by atoms with Gasteiger partial charge in [-0.3, -0.25) is 4.79 Å². The molecule has 0 bridgehead atoms. The molecule has 1 unspecified atom stereocenters. The highest BCUT2D eigenvalue weighted by molar-refractivity contribution is 7.99. The maximum absolute atomic E-state index is 11.9. The Morgan fingerprint density at radius 1 is 1.00 bits per heavy atom. The minimum Gasteiger partial charge on any atom is -0.374 e. The number of thioether (sulfide) groups is 1. The Morgan fingerprint density at radius 3 is 2.17 bits per heavy atom. The van der Waals surface area contributed by atoms with E-state index in [2.05, 4.69) is 0 Å². The van der Waals surface area contributed by atoms with Crippen molar-refractivity contribution in [3.63, 3.8) is 0 Å². The van der Waals surface area contributed by atoms with E-state index in [1.807, 2.05) is 36.4 Å². The third kappa shape index (κ3) is 3.45. The van der Waals surface area contributed by atoms with Crippen LogP contribution in [0.4, 0.5) is 0 Å². The average molecular weight is 258 g/mol. The number of Topliss-reactive ketones (excluding diaryl/α,β-unsaturated/α-hetero) is 1. The van der Waals surface area contributed by atoms with Crippen molar-refractivity contribution in [3.8, 4) is 0 Å². The molecule has 0 radical (unpaired) electrons. The van der Waals surface area contributed by atoms with E-state index in [9.17, 15) is 9.90 Å². The molecule has 0 aliphatic carbocycles. The van der Waals surface area contributed by atoms with Crippen molar-refractivity contribution in [2.75, 3.05) is 0 Å². The van der Waals surface area contributed by atoms with Crippen LogP contribution in [-0.2, 0) is 5.75 Å². The lowest BCUT2D eigenvalue weighted by molar-refractivity contribution is 0.0868. The van der Waals surface area contributed by atoms with Gasteiger partial charge in [-0.25, -0.2) is 0 Å². The Kier molecular flexibility index (Phi) is 4.56. The van der Waals surface area contributed by atoms with Crippen LogP contribution in [0.25, 0.3) is 0 Å². The predicted molar refractivity (Wildman–Crippen MR) is 74.5 cm³/mol. The normalized spacial score (nSPS) is 12.1. The number of rotatable bonds is 5. The topological polar surface area (TPSA) is 37.3 Å². The van der Waals surface area contributed by atoms with Gasteiger partial charge in [0.15, 0.2) is 5.44 Å². The largest absolute Gasteiger partial charge is 0.374 e. The third-order valence-corrected chi connectivity index (χ3v) is 3.56. The van der Waals surface area contributed by atoms with Crippen molar-refractivity contribution in [1.82, 2.24) is 0 Å². The maximum atomic E-state index is 11.9. The molecule has 0 aliphatic rings. The molecule has 0 aromatic heterocycles. The minimum atomic E-state index is -1.01. The van der Waals surface area contributed by atoms with Gasteiger partial charge < -0.3 is 5.11 Å². The third-order valence-electron chi connectivity index (χ3n) is 2.53. The summed E-state index contributed by atoms with van der Waals surface area (Å²) in [7, 11) is 0. The zero-order chi connectivity index (χ0) is 12.8. The van der Waals surface area contributed by atoms with E-state index < -0.39 is 5.44 Å². The Bertz CT molecular complexity index is 496. The number of hydrogen-bond acceptors (Lipinski definition) is 3. The van der Waals surface area contributed by atoms with Crippen LogP contribution in [0.15, 0.2) is 60.7 Å². The second-order valence-corrected chi connectivity index (χ2v) is 4.95. The lowest BCUT2D eigenvalue weighted by Gasteiger charge is -2.09. The second kappa shape index (κ2) is 6.38. The summed E-state index contributed by atoms with van der Waals surface area (Å²) in [6.45, 7) is 0. The highest BCUT2D eigenvalue weighted by Crippen LogP contribution is 2.19. The molecular formula is C15H14O2S. The summed E-state index contributed by atoms with van der Waals surface area (Å²) >= 11 is 1.24. The first kappa shape index (κ1) is 12.9. The molecule has 0 amide bonds. The number of hydrogen-bond donors (Lipinski definition) is 1. The molecular weight excluding hydrogens is 244 g/mol. The van der Waals surface area contributed by atoms with Gasteiger partial charge in [-0.2, -0.15) is 0 Å². The molecule has 1 atom stereocenters. The molecule has 0 saturated heterocycles. The summed E-state index contributed by atoms with van der Waals surface area (Å²) in [4.78, 5) is 11.9. The van der Waals surface area contributed by atoms with Gasteiger partial charge in [-0.05, 0) is 5.56 Å². The average Bonchev–Trinajstić information content (AvgIpc) is 2.46. The molecule has 1 N–H and O–H groups in total. The van der Waals surface area contributed by atoms with Crippen LogP contribution in [0.1, 0.15) is 15.9 Å². The molecule has 2 aromatic rings. The SMILES string of the molecule is O=C(c1ccccc1)C(O)SCc1ccccc1. The molecule has 2 nitrogen and oxygen atoms in total. The monoisotopic (exact) mass is 258 g/mol. The minimum absolute atomic E-state index is 0.239. The predicted octanol–water partition coefficient (Wildman–Crippen LogP) is 3.12. The van der Waals surface area contributed by atoms with E-state index >= 15 is 0 Å². The second-order valence-electron chi connectivity index (χ2n) is 3.88. The highest BCUT2D eigenvalue weighted by Gasteiger charge is 2.16. The quantitative estimate of drug-likeness (QED) is 0.661. The summed E-state index contributed by atoms with van der Waals surface area (Å²) in [6, 6.07) is 18.7. The van der Waals surface area contributed by atoms with E-state index in [0.717, 1.165) is 5.56 Å². The van der Waals surface area contributed by atoms with Gasteiger partial charge in [0.1, 0.15) is 0 Å². The van der Waals surface area contributed by atoms with Crippen LogP contribution < -0.4 is 0 Å². The smallest absolute Gasteiger partial charge is 0.201 e. The fourth-order valence-electron chi connectivity index (χ4n) is 1.57. The molecule has 2 rings (SSSR count). The lowest BCUT2D eigenvalue weighted by atomic mass is 10.1. The number of aliphatic hydroxyl groups is 1. The Hall–Kier alpha value is -1.58. The van der Waals surface area contributed by atoms with Crippen LogP contribution in [0.5, 0.6) is 0 Å². The molecule has 0 saturated carbocycles. The fourth-order valence-corrected chi connectivity index (χ4v) is 2.40. The van der Waals surface area contributed by atoms with Crippen LogP contribution in [0.3, 0.4) is 0 Å². The molecule has 0 heterocycles. The van der Waals surface area contributed by atoms with Gasteiger partial charge in [0, 0.05) is 11.3 Å². The lowest BCUT2D eigenvalue weighted by Crippen LogP contribution is -2.16. The van der Waals surface area contributed by atoms with Gasteiger partial charge in [-0.15, -0.1) is 11.8 Å². The summed E-state index contributed by atoms with van der Waals surface area (Å²) in [5.74, 6) is 0.386. The number of ketones is 1. The molecule has 0 spiro atoms. The van der Waals surface area contributed by atoms with E-state index in [4.69, 9.17) is 0 Å². The van der Waals surface area contributed by atoms with Crippen molar-refractivity contribution in [2.24, 2.45) is 0 Å². The van der Waals surface area contributed by atoms with Crippen molar-refractivity contribution < 1.29 is 9.90 Å². The molecule has 3 heteroatoms. The van der Waals surface area contributed by atoms with Crippen LogP contribution in [-0.4, -0.2) is 16.3 Å². The van der Waals surface area contributed by atoms with Crippen molar-refractivity contribution >= 4 is 17.5 Å². The molecule has 2 aromatic carbocycles. The number of benzene rings is 2. The van der Waals surface area contributed by atoms with Gasteiger partial charge >= 0.3 is 0 Å². The van der Waals surface area contributed by atoms with Crippen molar-refractivity contribution in [2.45, 2.75) is 11.2 Å². The first-order chi connectivity index (χ1) is 8.77. The van der Waals surface area contributed by atoms with E-state index in [1.165, 1.54) is 11.8 Å². The van der Waals surface area contributed by atoms with Gasteiger partial charge in [0.2, 0.25) is 5.78 Å². The number of carbonyl (C=O) groups is 1. The van der Waals surface area contributed by atoms with Crippen LogP contribution in [0.2, 0.25) is 0 Å². The van der Waals surface area contributed by atoms with Crippen LogP contribution in [0, 0.1) is 0 Å². The van der Waals surface area contributed by atoms with Crippen LogP contribution >= 0.6 is 11.8 Å². The van der Waals surface area contributed by atoms with Crippen molar-refractivity contribution in [3.05, 3.63) is 71.8 Å². The molecule has 18 heavy (non-hydrogen) atoms. The highest BCUT2D eigenvalue weighted by atomic mass is 32.2. The standard InChI is InChI=1S/C15H14O2S/c16-14(13-9-5-2-6-10-13)15(17)18-11-12-7-3-1-4-8-12/h1-10,15,17H,11H2. The number of carbonyl (C=O) groups excluding carboxylic acids is 1. The van der Waals surface area contributed by atoms with E-state index in [-0.39, 0.29) is 5.78 Å². The molecule has 0 fully saturated rings.